The summed E-state index contributed by atoms with van der Waals surface area (Å²) in [6.45, 7) is 5.85. The molecule has 5 heterocycles. The van der Waals surface area contributed by atoms with Crippen molar-refractivity contribution < 1.29 is 0 Å². The summed E-state index contributed by atoms with van der Waals surface area (Å²) in [4.78, 5) is 16.8. The van der Waals surface area contributed by atoms with Gasteiger partial charge in [-0.3, -0.25) is 0 Å². The topological polar surface area (TPSA) is 78.8 Å². The standard InChI is InChI=1S/C20H17N5S3/c1-10-11(2)27-20-16(10)19(23-18(24-20)14-4-3-7-26-14)25-6-5-12-13(8-21)17(22)28-15(12)9-25/h3-4,7H,5-6,9,22H2,1-2H3. The number of thiophene rings is 3. The van der Waals surface area contributed by atoms with Gasteiger partial charge >= 0.3 is 0 Å². The molecule has 1 aliphatic heterocycles. The molecule has 0 aliphatic carbocycles. The van der Waals surface area contributed by atoms with Gasteiger partial charge in [-0.1, -0.05) is 6.07 Å². The molecule has 0 atom stereocenters. The first kappa shape index (κ1) is 17.6. The van der Waals surface area contributed by atoms with Gasteiger partial charge in [-0.2, -0.15) is 5.26 Å². The van der Waals surface area contributed by atoms with Crippen molar-refractivity contribution in [2.24, 2.45) is 0 Å². The van der Waals surface area contributed by atoms with Crippen LogP contribution in [0.2, 0.25) is 0 Å². The Kier molecular flexibility index (Phi) is 4.12. The first-order valence-electron chi connectivity index (χ1n) is 8.93. The number of fused-ring (bicyclic) bond motifs is 2. The maximum absolute atomic E-state index is 9.41. The highest BCUT2D eigenvalue weighted by Crippen LogP contribution is 2.41. The molecule has 0 fully saturated rings. The lowest BCUT2D eigenvalue weighted by atomic mass is 10.0. The van der Waals surface area contributed by atoms with E-state index in [-0.39, 0.29) is 0 Å². The number of aryl methyl sites for hydroxylation is 2. The highest BCUT2D eigenvalue weighted by Gasteiger charge is 2.27. The Morgan fingerprint density at radius 1 is 1.25 bits per heavy atom. The van der Waals surface area contributed by atoms with Crippen molar-refractivity contribution >= 4 is 55.0 Å². The van der Waals surface area contributed by atoms with Crippen LogP contribution in [0, 0.1) is 25.2 Å². The maximum Gasteiger partial charge on any atom is 0.173 e. The number of hydrogen-bond acceptors (Lipinski definition) is 8. The Balaban J connectivity index is 1.66. The van der Waals surface area contributed by atoms with Gasteiger partial charge in [0.25, 0.3) is 0 Å². The third-order valence-corrected chi connectivity index (χ3v) is 8.26. The summed E-state index contributed by atoms with van der Waals surface area (Å²) in [7, 11) is 0. The lowest BCUT2D eigenvalue weighted by molar-refractivity contribution is 0.735. The quantitative estimate of drug-likeness (QED) is 0.484. The lowest BCUT2D eigenvalue weighted by Crippen LogP contribution is -2.30. The molecule has 0 saturated carbocycles. The predicted molar refractivity (Wildman–Crippen MR) is 118 cm³/mol. The van der Waals surface area contributed by atoms with Crippen molar-refractivity contribution in [2.45, 2.75) is 26.8 Å². The summed E-state index contributed by atoms with van der Waals surface area (Å²) in [6, 6.07) is 6.37. The smallest absolute Gasteiger partial charge is 0.173 e. The van der Waals surface area contributed by atoms with Gasteiger partial charge in [-0.25, -0.2) is 9.97 Å². The molecule has 5 nitrogen and oxygen atoms in total. The summed E-state index contributed by atoms with van der Waals surface area (Å²) in [6.07, 6.45) is 0.813. The molecule has 0 spiro atoms. The van der Waals surface area contributed by atoms with E-state index < -0.39 is 0 Å². The molecule has 8 heteroatoms. The van der Waals surface area contributed by atoms with E-state index in [9.17, 15) is 5.26 Å². The summed E-state index contributed by atoms with van der Waals surface area (Å²) in [5.74, 6) is 1.78. The number of nitriles is 1. The number of aromatic nitrogens is 2. The molecule has 0 saturated heterocycles. The third-order valence-electron chi connectivity index (χ3n) is 5.25. The van der Waals surface area contributed by atoms with Crippen molar-refractivity contribution in [3.63, 3.8) is 0 Å². The molecule has 0 amide bonds. The van der Waals surface area contributed by atoms with Crippen LogP contribution in [0.1, 0.15) is 26.4 Å². The fourth-order valence-electron chi connectivity index (χ4n) is 3.70. The van der Waals surface area contributed by atoms with E-state index in [2.05, 4.69) is 36.3 Å². The first-order valence-corrected chi connectivity index (χ1v) is 11.4. The van der Waals surface area contributed by atoms with Gasteiger partial charge in [-0.05, 0) is 42.8 Å². The minimum Gasteiger partial charge on any atom is -0.389 e. The van der Waals surface area contributed by atoms with E-state index in [0.717, 1.165) is 51.8 Å². The first-order chi connectivity index (χ1) is 13.6. The van der Waals surface area contributed by atoms with Crippen molar-refractivity contribution in [3.8, 4) is 16.8 Å². The zero-order chi connectivity index (χ0) is 19.4. The zero-order valence-electron chi connectivity index (χ0n) is 15.4. The normalized spacial score (nSPS) is 13.7. The van der Waals surface area contributed by atoms with E-state index in [1.54, 1.807) is 22.7 Å². The van der Waals surface area contributed by atoms with E-state index in [0.29, 0.717) is 10.6 Å². The molecule has 28 heavy (non-hydrogen) atoms. The second-order valence-corrected chi connectivity index (χ2v) is 10.1. The van der Waals surface area contributed by atoms with Gasteiger partial charge in [0, 0.05) is 16.3 Å². The van der Waals surface area contributed by atoms with Crippen LogP contribution in [0.15, 0.2) is 17.5 Å². The third kappa shape index (κ3) is 2.62. The molecule has 0 radical (unpaired) electrons. The molecule has 4 aromatic heterocycles. The Hall–Kier alpha value is -2.47. The fourth-order valence-corrected chi connectivity index (χ4v) is 6.47. The van der Waals surface area contributed by atoms with Crippen molar-refractivity contribution in [1.29, 1.82) is 5.26 Å². The van der Waals surface area contributed by atoms with Crippen molar-refractivity contribution in [1.82, 2.24) is 9.97 Å². The maximum atomic E-state index is 9.41. The molecule has 0 aromatic carbocycles. The Morgan fingerprint density at radius 2 is 2.11 bits per heavy atom. The Bertz CT molecular complexity index is 1240. The summed E-state index contributed by atoms with van der Waals surface area (Å²) in [5, 5.41) is 13.2. The predicted octanol–water partition coefficient (Wildman–Crippen LogP) is 5.11. The number of nitrogens with zero attached hydrogens (tertiary/aromatic N) is 4. The SMILES string of the molecule is Cc1sc2nc(-c3cccs3)nc(N3CCc4c(sc(N)c4C#N)C3)c2c1C. The van der Waals surface area contributed by atoms with E-state index in [1.807, 2.05) is 6.07 Å². The van der Waals surface area contributed by atoms with Crippen LogP contribution in [-0.2, 0) is 13.0 Å². The second-order valence-electron chi connectivity index (χ2n) is 6.84. The van der Waals surface area contributed by atoms with Gasteiger partial charge in [-0.15, -0.1) is 34.0 Å². The molecular formula is C20H17N5S3. The average Bonchev–Trinajstić information content (AvgIpc) is 3.39. The van der Waals surface area contributed by atoms with E-state index in [1.165, 1.54) is 26.7 Å². The van der Waals surface area contributed by atoms with Crippen LogP contribution < -0.4 is 10.6 Å². The minimum atomic E-state index is 0.629. The molecular weight excluding hydrogens is 406 g/mol. The lowest BCUT2D eigenvalue weighted by Gasteiger charge is -2.29. The van der Waals surface area contributed by atoms with Gasteiger partial charge in [0.15, 0.2) is 5.82 Å². The second kappa shape index (κ2) is 6.55. The summed E-state index contributed by atoms with van der Waals surface area (Å²) >= 11 is 4.92. The molecule has 0 unspecified atom stereocenters. The summed E-state index contributed by atoms with van der Waals surface area (Å²) in [5.41, 5.74) is 9.10. The van der Waals surface area contributed by atoms with E-state index in [4.69, 9.17) is 15.7 Å². The molecule has 0 bridgehead atoms. The van der Waals surface area contributed by atoms with Crippen molar-refractivity contribution in [3.05, 3.63) is 44.0 Å². The van der Waals surface area contributed by atoms with E-state index >= 15 is 0 Å². The molecule has 140 valence electrons. The van der Waals surface area contributed by atoms with Gasteiger partial charge in [0.05, 0.1) is 22.4 Å². The monoisotopic (exact) mass is 423 g/mol. The van der Waals surface area contributed by atoms with Crippen LogP contribution in [0.5, 0.6) is 0 Å². The fraction of sp³-hybridized carbons (Fsp3) is 0.250. The Labute approximate surface area is 174 Å². The molecule has 5 rings (SSSR count). The number of rotatable bonds is 2. The van der Waals surface area contributed by atoms with Gasteiger partial charge in [0.1, 0.15) is 21.7 Å². The minimum absolute atomic E-state index is 0.629. The van der Waals surface area contributed by atoms with Crippen molar-refractivity contribution in [2.75, 3.05) is 17.2 Å². The zero-order valence-corrected chi connectivity index (χ0v) is 17.9. The number of hydrogen-bond donors (Lipinski definition) is 1. The average molecular weight is 424 g/mol. The highest BCUT2D eigenvalue weighted by atomic mass is 32.1. The van der Waals surface area contributed by atoms with Crippen LogP contribution in [0.4, 0.5) is 10.8 Å². The Morgan fingerprint density at radius 3 is 2.86 bits per heavy atom. The number of anilines is 2. The van der Waals surface area contributed by atoms with Gasteiger partial charge in [0.2, 0.25) is 0 Å². The highest BCUT2D eigenvalue weighted by molar-refractivity contribution is 7.19. The van der Waals surface area contributed by atoms with Crippen LogP contribution in [0.3, 0.4) is 0 Å². The molecule has 4 aromatic rings. The molecule has 2 N–H and O–H groups in total. The number of nitrogens with two attached hydrogens (primary N) is 1. The number of nitrogen functional groups attached to an aromatic ring is 1. The largest absolute Gasteiger partial charge is 0.389 e. The van der Waals surface area contributed by atoms with Crippen LogP contribution in [0.25, 0.3) is 20.9 Å². The van der Waals surface area contributed by atoms with Crippen LogP contribution in [-0.4, -0.2) is 16.5 Å². The molecule has 1 aliphatic rings. The summed E-state index contributed by atoms with van der Waals surface area (Å²) < 4.78 is 0. The van der Waals surface area contributed by atoms with Crippen LogP contribution >= 0.6 is 34.0 Å². The van der Waals surface area contributed by atoms with Gasteiger partial charge < -0.3 is 10.6 Å².